The zero-order valence-electron chi connectivity index (χ0n) is 15.7. The van der Waals surface area contributed by atoms with Crippen LogP contribution in [0.1, 0.15) is 17.5 Å². The van der Waals surface area contributed by atoms with E-state index in [2.05, 4.69) is 15.6 Å². The van der Waals surface area contributed by atoms with Crippen LogP contribution in [0, 0.1) is 17.1 Å². The number of nitrogens with zero attached hydrogens (tertiary/aromatic N) is 1. The third-order valence-corrected chi connectivity index (χ3v) is 4.62. The van der Waals surface area contributed by atoms with Crippen LogP contribution in [0.3, 0.4) is 0 Å². The summed E-state index contributed by atoms with van der Waals surface area (Å²) < 4.78 is 18.3. The first-order valence-electron chi connectivity index (χ1n) is 9.13. The molecule has 1 atom stereocenters. The Morgan fingerprint density at radius 3 is 2.57 bits per heavy atom. The number of halogens is 1. The maximum absolute atomic E-state index is 13.1. The highest BCUT2D eigenvalue weighted by Gasteiger charge is 2.26. The van der Waals surface area contributed by atoms with Gasteiger partial charge in [0.15, 0.2) is 5.96 Å². The van der Waals surface area contributed by atoms with Crippen molar-refractivity contribution >= 4 is 17.6 Å². The SMILES string of the molecule is COc1ccc(C(=N)C(CCc2ccc(F)cc2)C(=O)NC2=NCCN2)cc1. The van der Waals surface area contributed by atoms with Crippen LogP contribution >= 0.6 is 0 Å². The zero-order chi connectivity index (χ0) is 19.9. The van der Waals surface area contributed by atoms with Crippen molar-refractivity contribution in [3.63, 3.8) is 0 Å². The topological polar surface area (TPSA) is 86.6 Å². The summed E-state index contributed by atoms with van der Waals surface area (Å²) in [5.41, 5.74) is 1.79. The molecule has 0 aliphatic carbocycles. The average Bonchev–Trinajstić information content (AvgIpc) is 3.22. The summed E-state index contributed by atoms with van der Waals surface area (Å²) in [5.74, 6) is -0.110. The van der Waals surface area contributed by atoms with E-state index in [9.17, 15) is 9.18 Å². The molecule has 28 heavy (non-hydrogen) atoms. The van der Waals surface area contributed by atoms with Gasteiger partial charge in [-0.1, -0.05) is 12.1 Å². The highest BCUT2D eigenvalue weighted by molar-refractivity contribution is 6.14. The number of aliphatic imine (C=N–C) groups is 1. The first-order chi connectivity index (χ1) is 13.6. The second-order valence-electron chi connectivity index (χ2n) is 6.51. The Balaban J connectivity index is 1.76. The maximum Gasteiger partial charge on any atom is 0.235 e. The van der Waals surface area contributed by atoms with Crippen molar-refractivity contribution in [3.8, 4) is 5.75 Å². The number of benzene rings is 2. The molecule has 0 radical (unpaired) electrons. The Morgan fingerprint density at radius 2 is 1.96 bits per heavy atom. The molecular weight excluding hydrogens is 359 g/mol. The number of rotatable bonds is 7. The van der Waals surface area contributed by atoms with Crippen molar-refractivity contribution < 1.29 is 13.9 Å². The summed E-state index contributed by atoms with van der Waals surface area (Å²) >= 11 is 0. The smallest absolute Gasteiger partial charge is 0.235 e. The van der Waals surface area contributed by atoms with E-state index < -0.39 is 5.92 Å². The van der Waals surface area contributed by atoms with E-state index in [1.54, 1.807) is 43.5 Å². The third-order valence-electron chi connectivity index (χ3n) is 4.62. The van der Waals surface area contributed by atoms with Crippen LogP contribution in [0.15, 0.2) is 53.5 Å². The van der Waals surface area contributed by atoms with E-state index in [0.717, 1.165) is 5.56 Å². The summed E-state index contributed by atoms with van der Waals surface area (Å²) in [6, 6.07) is 13.3. The molecule has 6 nitrogen and oxygen atoms in total. The molecule has 3 rings (SSSR count). The molecule has 0 bridgehead atoms. The Hall–Kier alpha value is -3.22. The first kappa shape index (κ1) is 19.5. The number of methoxy groups -OCH3 is 1. The molecule has 0 spiro atoms. The van der Waals surface area contributed by atoms with Crippen molar-refractivity contribution in [2.24, 2.45) is 10.9 Å². The summed E-state index contributed by atoms with van der Waals surface area (Å²) in [7, 11) is 1.58. The van der Waals surface area contributed by atoms with Gasteiger partial charge >= 0.3 is 0 Å². The van der Waals surface area contributed by atoms with Crippen LogP contribution in [0.25, 0.3) is 0 Å². The van der Waals surface area contributed by atoms with Gasteiger partial charge in [0.1, 0.15) is 11.6 Å². The van der Waals surface area contributed by atoms with Crippen LogP contribution in [-0.4, -0.2) is 37.8 Å². The average molecular weight is 382 g/mol. The molecule has 0 fully saturated rings. The number of carbonyl (C=O) groups is 1. The van der Waals surface area contributed by atoms with E-state index in [1.165, 1.54) is 12.1 Å². The summed E-state index contributed by atoms with van der Waals surface area (Å²) in [5, 5.41) is 14.4. The second-order valence-corrected chi connectivity index (χ2v) is 6.51. The van der Waals surface area contributed by atoms with Gasteiger partial charge < -0.3 is 15.5 Å². The standard InChI is InChI=1S/C21H23FN4O2/c1-28-17-9-5-15(6-10-17)19(23)18(20(27)26-21-24-12-13-25-21)11-4-14-2-7-16(22)8-3-14/h2-3,5-10,18,23H,4,11-13H2,1H3,(H2,24,25,26,27). The molecule has 0 saturated heterocycles. The molecule has 2 aromatic rings. The number of ether oxygens (including phenoxy) is 1. The third kappa shape index (κ3) is 4.94. The van der Waals surface area contributed by atoms with Gasteiger partial charge in [0.05, 0.1) is 25.3 Å². The van der Waals surface area contributed by atoms with Crippen LogP contribution in [0.2, 0.25) is 0 Å². The molecule has 3 N–H and O–H groups in total. The van der Waals surface area contributed by atoms with E-state index in [4.69, 9.17) is 10.1 Å². The van der Waals surface area contributed by atoms with Gasteiger partial charge in [-0.2, -0.15) is 0 Å². The molecule has 1 aliphatic heterocycles. The Bertz CT molecular complexity index is 863. The van der Waals surface area contributed by atoms with Crippen molar-refractivity contribution in [2.45, 2.75) is 12.8 Å². The minimum absolute atomic E-state index is 0.223. The number of amides is 1. The Morgan fingerprint density at radius 1 is 1.25 bits per heavy atom. The number of aryl methyl sites for hydroxylation is 1. The summed E-state index contributed by atoms with van der Waals surface area (Å²) in [6.45, 7) is 1.30. The fourth-order valence-electron chi connectivity index (χ4n) is 3.03. The van der Waals surface area contributed by atoms with E-state index in [1.807, 2.05) is 0 Å². The van der Waals surface area contributed by atoms with Gasteiger partial charge in [-0.05, 0) is 60.4 Å². The molecule has 1 heterocycles. The minimum atomic E-state index is -0.663. The van der Waals surface area contributed by atoms with Crippen LogP contribution in [-0.2, 0) is 11.2 Å². The lowest BCUT2D eigenvalue weighted by atomic mass is 9.90. The van der Waals surface area contributed by atoms with Gasteiger partial charge in [0.25, 0.3) is 0 Å². The fraction of sp³-hybridized carbons (Fsp3) is 0.286. The number of carbonyl (C=O) groups excluding carboxylic acids is 1. The van der Waals surface area contributed by atoms with E-state index in [-0.39, 0.29) is 17.4 Å². The molecule has 1 aliphatic rings. The molecule has 7 heteroatoms. The summed E-state index contributed by atoms with van der Waals surface area (Å²) in [6.07, 6.45) is 0.979. The van der Waals surface area contributed by atoms with Gasteiger partial charge in [-0.25, -0.2) is 4.39 Å². The normalized spacial score (nSPS) is 14.0. The highest BCUT2D eigenvalue weighted by atomic mass is 19.1. The van der Waals surface area contributed by atoms with Gasteiger partial charge in [-0.3, -0.25) is 15.1 Å². The first-order valence-corrected chi connectivity index (χ1v) is 9.13. The molecule has 0 saturated carbocycles. The Labute approximate surface area is 163 Å². The van der Waals surface area contributed by atoms with Crippen molar-refractivity contribution in [1.29, 1.82) is 5.41 Å². The molecule has 2 aromatic carbocycles. The van der Waals surface area contributed by atoms with Crippen LogP contribution in [0.4, 0.5) is 4.39 Å². The maximum atomic E-state index is 13.1. The summed E-state index contributed by atoms with van der Waals surface area (Å²) in [4.78, 5) is 17.0. The Kier molecular flexibility index (Phi) is 6.37. The van der Waals surface area contributed by atoms with E-state index >= 15 is 0 Å². The fourth-order valence-corrected chi connectivity index (χ4v) is 3.03. The van der Waals surface area contributed by atoms with E-state index in [0.29, 0.717) is 43.2 Å². The van der Waals surface area contributed by atoms with Crippen molar-refractivity contribution in [3.05, 3.63) is 65.5 Å². The zero-order valence-corrected chi connectivity index (χ0v) is 15.7. The van der Waals surface area contributed by atoms with Gasteiger partial charge in [0.2, 0.25) is 5.91 Å². The number of hydrogen-bond donors (Lipinski definition) is 3. The second kappa shape index (κ2) is 9.12. The quantitative estimate of drug-likeness (QED) is 0.643. The molecule has 146 valence electrons. The number of nitrogens with one attached hydrogen (secondary N) is 3. The predicted molar refractivity (Wildman–Crippen MR) is 106 cm³/mol. The van der Waals surface area contributed by atoms with Crippen LogP contribution < -0.4 is 15.4 Å². The predicted octanol–water partition coefficient (Wildman–Crippen LogP) is 2.53. The van der Waals surface area contributed by atoms with Crippen molar-refractivity contribution in [1.82, 2.24) is 10.6 Å². The lowest BCUT2D eigenvalue weighted by molar-refractivity contribution is -0.121. The van der Waals surface area contributed by atoms with Gasteiger partial charge in [0, 0.05) is 6.54 Å². The number of hydrogen-bond acceptors (Lipinski definition) is 5. The highest BCUT2D eigenvalue weighted by Crippen LogP contribution is 2.19. The van der Waals surface area contributed by atoms with Gasteiger partial charge in [-0.15, -0.1) is 0 Å². The molecule has 0 aromatic heterocycles. The monoisotopic (exact) mass is 382 g/mol. The molecular formula is C21H23FN4O2. The lowest BCUT2D eigenvalue weighted by Crippen LogP contribution is -2.43. The molecule has 1 unspecified atom stereocenters. The molecule has 1 amide bonds. The largest absolute Gasteiger partial charge is 0.497 e. The lowest BCUT2D eigenvalue weighted by Gasteiger charge is -2.18. The minimum Gasteiger partial charge on any atom is -0.497 e. The van der Waals surface area contributed by atoms with Crippen LogP contribution in [0.5, 0.6) is 5.75 Å². The van der Waals surface area contributed by atoms with Crippen molar-refractivity contribution in [2.75, 3.05) is 20.2 Å². The number of guanidine groups is 1.